The molecule has 1 amide bonds. The molecule has 2 heterocycles. The highest BCUT2D eigenvalue weighted by molar-refractivity contribution is 8.00. The van der Waals surface area contributed by atoms with Crippen molar-refractivity contribution in [2.45, 2.75) is 17.3 Å². The van der Waals surface area contributed by atoms with Gasteiger partial charge in [0.15, 0.2) is 22.4 Å². The van der Waals surface area contributed by atoms with Crippen LogP contribution in [-0.2, 0) is 4.79 Å². The summed E-state index contributed by atoms with van der Waals surface area (Å²) in [6.45, 7) is 1.70. The van der Waals surface area contributed by atoms with Gasteiger partial charge in [-0.2, -0.15) is 0 Å². The van der Waals surface area contributed by atoms with E-state index in [1.165, 1.54) is 17.8 Å². The Balaban J connectivity index is 1.71. The fourth-order valence-electron chi connectivity index (χ4n) is 1.93. The number of pyridine rings is 1. The smallest absolute Gasteiger partial charge is 0.237 e. The maximum Gasteiger partial charge on any atom is 0.237 e. The van der Waals surface area contributed by atoms with Crippen LogP contribution in [0.2, 0.25) is 0 Å². The Hall–Kier alpha value is -2.48. The van der Waals surface area contributed by atoms with Gasteiger partial charge in [0, 0.05) is 18.0 Å². The van der Waals surface area contributed by atoms with Crippen LogP contribution in [0, 0.1) is 11.6 Å². The van der Waals surface area contributed by atoms with E-state index in [0.717, 1.165) is 12.1 Å². The Bertz CT molecular complexity index is 868. The number of hydrogen-bond acceptors (Lipinski definition) is 4. The molecule has 23 heavy (non-hydrogen) atoms. The molecular formula is C15H12F2N4OS. The number of carbonyl (C=O) groups excluding carboxylic acids is 1. The van der Waals surface area contributed by atoms with Crippen molar-refractivity contribution < 1.29 is 13.6 Å². The summed E-state index contributed by atoms with van der Waals surface area (Å²) in [4.78, 5) is 12.2. The molecule has 0 aliphatic heterocycles. The Morgan fingerprint density at radius 2 is 2.04 bits per heavy atom. The number of thioether (sulfide) groups is 1. The zero-order valence-electron chi connectivity index (χ0n) is 12.0. The predicted octanol–water partition coefficient (Wildman–Crippen LogP) is 3.13. The van der Waals surface area contributed by atoms with E-state index in [0.29, 0.717) is 10.8 Å². The van der Waals surface area contributed by atoms with Crippen molar-refractivity contribution in [1.82, 2.24) is 14.6 Å². The summed E-state index contributed by atoms with van der Waals surface area (Å²) in [7, 11) is 0. The van der Waals surface area contributed by atoms with Crippen molar-refractivity contribution in [2.24, 2.45) is 0 Å². The Morgan fingerprint density at radius 3 is 2.83 bits per heavy atom. The van der Waals surface area contributed by atoms with Crippen LogP contribution in [0.3, 0.4) is 0 Å². The van der Waals surface area contributed by atoms with Crippen LogP contribution in [0.25, 0.3) is 5.65 Å². The van der Waals surface area contributed by atoms with Gasteiger partial charge in [-0.05, 0) is 31.2 Å². The molecule has 5 nitrogen and oxygen atoms in total. The van der Waals surface area contributed by atoms with E-state index in [-0.39, 0.29) is 11.6 Å². The van der Waals surface area contributed by atoms with Gasteiger partial charge < -0.3 is 5.32 Å². The van der Waals surface area contributed by atoms with Crippen LogP contribution in [-0.4, -0.2) is 25.8 Å². The third kappa shape index (κ3) is 3.31. The lowest BCUT2D eigenvalue weighted by Gasteiger charge is -2.11. The summed E-state index contributed by atoms with van der Waals surface area (Å²) in [6.07, 6.45) is 1.80. The number of benzene rings is 1. The number of carbonyl (C=O) groups is 1. The summed E-state index contributed by atoms with van der Waals surface area (Å²) in [6, 6.07) is 8.71. The number of amides is 1. The first-order valence-corrected chi connectivity index (χ1v) is 7.65. The van der Waals surface area contributed by atoms with Crippen molar-refractivity contribution in [1.29, 1.82) is 0 Å². The van der Waals surface area contributed by atoms with Crippen LogP contribution in [0.1, 0.15) is 6.92 Å². The summed E-state index contributed by atoms with van der Waals surface area (Å²) in [5, 5.41) is 10.7. The monoisotopic (exact) mass is 334 g/mol. The van der Waals surface area contributed by atoms with Crippen LogP contribution in [0.5, 0.6) is 0 Å². The lowest BCUT2D eigenvalue weighted by molar-refractivity contribution is -0.115. The minimum absolute atomic E-state index is 0.201. The van der Waals surface area contributed by atoms with Gasteiger partial charge in [0.25, 0.3) is 0 Å². The molecule has 1 N–H and O–H groups in total. The summed E-state index contributed by atoms with van der Waals surface area (Å²) >= 11 is 1.22. The lowest BCUT2D eigenvalue weighted by atomic mass is 10.3. The molecule has 0 unspecified atom stereocenters. The highest BCUT2D eigenvalue weighted by atomic mass is 32.2. The lowest BCUT2D eigenvalue weighted by Crippen LogP contribution is -2.22. The van der Waals surface area contributed by atoms with E-state index in [4.69, 9.17) is 0 Å². The molecular weight excluding hydrogens is 322 g/mol. The van der Waals surface area contributed by atoms with Crippen LogP contribution in [0.15, 0.2) is 47.8 Å². The minimum atomic E-state index is -1.01. The first kappa shape index (κ1) is 15.4. The van der Waals surface area contributed by atoms with E-state index in [1.807, 2.05) is 18.2 Å². The molecule has 0 radical (unpaired) electrons. The predicted molar refractivity (Wildman–Crippen MR) is 83.3 cm³/mol. The fraction of sp³-hybridized carbons (Fsp3) is 0.133. The molecule has 118 valence electrons. The molecule has 0 aliphatic carbocycles. The van der Waals surface area contributed by atoms with Crippen molar-refractivity contribution in [2.75, 3.05) is 5.32 Å². The standard InChI is InChI=1S/C15H12F2N4OS/c1-9(14(22)18-10-5-6-11(16)12(17)8-10)23-15-20-19-13-4-2-3-7-21(13)15/h2-9H,1H3,(H,18,22)/t9-/m1/s1. The molecule has 3 rings (SSSR count). The summed E-state index contributed by atoms with van der Waals surface area (Å²) in [5.74, 6) is -2.31. The molecule has 0 fully saturated rings. The Labute approximate surface area is 134 Å². The molecule has 8 heteroatoms. The van der Waals surface area contributed by atoms with Gasteiger partial charge in [0.2, 0.25) is 5.91 Å². The number of anilines is 1. The number of nitrogens with one attached hydrogen (secondary N) is 1. The second-order valence-corrected chi connectivity index (χ2v) is 6.10. The molecule has 0 saturated carbocycles. The first-order chi connectivity index (χ1) is 11.0. The maximum absolute atomic E-state index is 13.2. The van der Waals surface area contributed by atoms with Gasteiger partial charge in [-0.1, -0.05) is 17.8 Å². The van der Waals surface area contributed by atoms with E-state index in [9.17, 15) is 13.6 Å². The normalized spacial score (nSPS) is 12.3. The highest BCUT2D eigenvalue weighted by Crippen LogP contribution is 2.23. The van der Waals surface area contributed by atoms with Gasteiger partial charge in [0.05, 0.1) is 5.25 Å². The van der Waals surface area contributed by atoms with E-state index < -0.39 is 16.9 Å². The SMILES string of the molecule is C[C@@H](Sc1nnc2ccccn12)C(=O)Nc1ccc(F)c(F)c1. The summed E-state index contributed by atoms with van der Waals surface area (Å²) < 4.78 is 27.8. The third-order valence-electron chi connectivity index (χ3n) is 3.12. The molecule has 1 atom stereocenters. The van der Waals surface area contributed by atoms with E-state index in [2.05, 4.69) is 15.5 Å². The number of nitrogens with zero attached hydrogens (tertiary/aromatic N) is 3. The fourth-order valence-corrected chi connectivity index (χ4v) is 2.77. The molecule has 0 aliphatic rings. The zero-order chi connectivity index (χ0) is 16.4. The topological polar surface area (TPSA) is 59.3 Å². The van der Waals surface area contributed by atoms with Gasteiger partial charge in [-0.3, -0.25) is 9.20 Å². The van der Waals surface area contributed by atoms with Crippen molar-refractivity contribution in [3.05, 3.63) is 54.2 Å². The number of halogens is 2. The van der Waals surface area contributed by atoms with Crippen LogP contribution >= 0.6 is 11.8 Å². The van der Waals surface area contributed by atoms with Crippen molar-refractivity contribution in [3.63, 3.8) is 0 Å². The number of hydrogen-bond donors (Lipinski definition) is 1. The first-order valence-electron chi connectivity index (χ1n) is 6.77. The van der Waals surface area contributed by atoms with Crippen molar-refractivity contribution in [3.8, 4) is 0 Å². The second-order valence-electron chi connectivity index (χ2n) is 4.79. The highest BCUT2D eigenvalue weighted by Gasteiger charge is 2.18. The average molecular weight is 334 g/mol. The number of aromatic nitrogens is 3. The van der Waals surface area contributed by atoms with Gasteiger partial charge >= 0.3 is 0 Å². The molecule has 2 aromatic heterocycles. The second kappa shape index (κ2) is 6.33. The zero-order valence-corrected chi connectivity index (χ0v) is 12.8. The largest absolute Gasteiger partial charge is 0.325 e. The van der Waals surface area contributed by atoms with Crippen LogP contribution < -0.4 is 5.32 Å². The van der Waals surface area contributed by atoms with E-state index >= 15 is 0 Å². The maximum atomic E-state index is 13.2. The third-order valence-corrected chi connectivity index (χ3v) is 4.18. The molecule has 0 spiro atoms. The molecule has 1 aromatic carbocycles. The minimum Gasteiger partial charge on any atom is -0.325 e. The van der Waals surface area contributed by atoms with Gasteiger partial charge in [-0.25, -0.2) is 8.78 Å². The van der Waals surface area contributed by atoms with Gasteiger partial charge in [0.1, 0.15) is 0 Å². The van der Waals surface area contributed by atoms with Crippen molar-refractivity contribution >= 4 is 29.0 Å². The van der Waals surface area contributed by atoms with Crippen LogP contribution in [0.4, 0.5) is 14.5 Å². The molecule has 0 saturated heterocycles. The molecule has 0 bridgehead atoms. The Morgan fingerprint density at radius 1 is 1.22 bits per heavy atom. The molecule has 3 aromatic rings. The number of fused-ring (bicyclic) bond motifs is 1. The Kier molecular flexibility index (Phi) is 4.24. The number of rotatable bonds is 4. The average Bonchev–Trinajstić information content (AvgIpc) is 2.94. The summed E-state index contributed by atoms with van der Waals surface area (Å²) in [5.41, 5.74) is 0.885. The van der Waals surface area contributed by atoms with E-state index in [1.54, 1.807) is 17.5 Å². The van der Waals surface area contributed by atoms with Gasteiger partial charge in [-0.15, -0.1) is 10.2 Å². The quantitative estimate of drug-likeness (QED) is 0.745.